The average Bonchev–Trinajstić information content (AvgIpc) is 2.76. The summed E-state index contributed by atoms with van der Waals surface area (Å²) in [5.41, 5.74) is 1.15. The summed E-state index contributed by atoms with van der Waals surface area (Å²) in [6.07, 6.45) is 0. The van der Waals surface area contributed by atoms with Crippen LogP contribution in [-0.2, 0) is 4.57 Å². The Bertz CT molecular complexity index is 1220. The van der Waals surface area contributed by atoms with Crippen molar-refractivity contribution in [1.29, 1.82) is 0 Å². The molecule has 0 radical (unpaired) electrons. The van der Waals surface area contributed by atoms with Crippen molar-refractivity contribution in [2.24, 2.45) is 0 Å². The topological polar surface area (TPSA) is 52.6 Å². The third kappa shape index (κ3) is 3.87. The van der Waals surface area contributed by atoms with E-state index in [0.717, 1.165) is 16.5 Å². The fourth-order valence-electron chi connectivity index (χ4n) is 3.24. The zero-order valence-electron chi connectivity index (χ0n) is 16.7. The highest BCUT2D eigenvalue weighted by atomic mass is 31.2. The van der Waals surface area contributed by atoms with Gasteiger partial charge in [-0.1, -0.05) is 72.8 Å². The minimum absolute atomic E-state index is 0.304. The second-order valence-electron chi connectivity index (χ2n) is 7.04. The Kier molecular flexibility index (Phi) is 5.43. The molecule has 4 nitrogen and oxygen atoms in total. The first-order valence-electron chi connectivity index (χ1n) is 9.61. The van der Waals surface area contributed by atoms with Crippen molar-refractivity contribution in [1.82, 2.24) is 0 Å². The molecule has 0 aliphatic rings. The lowest BCUT2D eigenvalue weighted by Gasteiger charge is -2.21. The summed E-state index contributed by atoms with van der Waals surface area (Å²) in [6, 6.07) is 27.0. The molecule has 0 aliphatic carbocycles. The summed E-state index contributed by atoms with van der Waals surface area (Å²) in [5, 5.41) is 1.58. The zero-order chi connectivity index (χ0) is 21.1. The summed E-state index contributed by atoms with van der Waals surface area (Å²) in [6.45, 7) is 3.66. The molecule has 0 fully saturated rings. The van der Waals surface area contributed by atoms with E-state index in [0.29, 0.717) is 22.4 Å². The van der Waals surface area contributed by atoms with Crippen molar-refractivity contribution in [2.45, 2.75) is 13.8 Å². The van der Waals surface area contributed by atoms with E-state index in [9.17, 15) is 9.36 Å². The molecule has 0 amide bonds. The molecule has 0 aliphatic heterocycles. The number of rotatable bonds is 6. The van der Waals surface area contributed by atoms with Crippen LogP contribution in [0.5, 0.6) is 11.5 Å². The molecule has 0 bridgehead atoms. The van der Waals surface area contributed by atoms with Gasteiger partial charge in [0.05, 0.1) is 0 Å². The first-order valence-corrected chi connectivity index (χ1v) is 11.2. The van der Waals surface area contributed by atoms with Gasteiger partial charge >= 0.3 is 7.60 Å². The minimum atomic E-state index is -4.27. The number of fused-ring (bicyclic) bond motifs is 1. The molecule has 4 aromatic rings. The van der Waals surface area contributed by atoms with E-state index in [1.807, 2.05) is 68.4 Å². The molecule has 0 unspecified atom stereocenters. The van der Waals surface area contributed by atoms with Gasteiger partial charge in [-0.3, -0.25) is 4.79 Å². The fraction of sp³-hybridized carbons (Fsp3) is 0.0800. The van der Waals surface area contributed by atoms with Gasteiger partial charge in [0.1, 0.15) is 11.5 Å². The van der Waals surface area contributed by atoms with E-state index in [-0.39, 0.29) is 0 Å². The van der Waals surface area contributed by atoms with Gasteiger partial charge in [-0.15, -0.1) is 0 Å². The number of aryl methyl sites for hydroxylation is 2. The van der Waals surface area contributed by atoms with E-state index < -0.39 is 13.1 Å². The first kappa shape index (κ1) is 19.9. The number of benzene rings is 4. The van der Waals surface area contributed by atoms with E-state index in [2.05, 4.69) is 0 Å². The highest BCUT2D eigenvalue weighted by molar-refractivity contribution is 7.73. The summed E-state index contributed by atoms with van der Waals surface area (Å²) in [4.78, 5) is 13.6. The van der Waals surface area contributed by atoms with Gasteiger partial charge in [-0.2, -0.15) is 0 Å². The Labute approximate surface area is 175 Å². The molecule has 0 saturated heterocycles. The van der Waals surface area contributed by atoms with Crippen LogP contribution in [0.1, 0.15) is 21.5 Å². The molecular formula is C25H21O4P. The second-order valence-corrected chi connectivity index (χ2v) is 8.81. The number of carbonyl (C=O) groups excluding carboxylic acids is 1. The van der Waals surface area contributed by atoms with Gasteiger partial charge in [0.2, 0.25) is 0 Å². The van der Waals surface area contributed by atoms with Crippen LogP contribution < -0.4 is 9.05 Å². The first-order chi connectivity index (χ1) is 14.5. The molecule has 0 aromatic heterocycles. The molecule has 4 rings (SSSR count). The van der Waals surface area contributed by atoms with Crippen LogP contribution in [0.3, 0.4) is 0 Å². The smallest absolute Gasteiger partial charge is 0.410 e. The number of para-hydroxylation sites is 2. The van der Waals surface area contributed by atoms with Crippen molar-refractivity contribution >= 4 is 23.9 Å². The highest BCUT2D eigenvalue weighted by Gasteiger charge is 2.40. The van der Waals surface area contributed by atoms with Crippen LogP contribution in [0.15, 0.2) is 91.0 Å². The monoisotopic (exact) mass is 416 g/mol. The van der Waals surface area contributed by atoms with Crippen LogP contribution in [0.4, 0.5) is 0 Å². The van der Waals surface area contributed by atoms with E-state index >= 15 is 0 Å². The lowest BCUT2D eigenvalue weighted by atomic mass is 10.1. The Hall–Kier alpha value is -3.36. The van der Waals surface area contributed by atoms with Gasteiger partial charge in [0.25, 0.3) is 5.52 Å². The molecule has 5 heteroatoms. The van der Waals surface area contributed by atoms with Gasteiger partial charge in [0.15, 0.2) is 0 Å². The summed E-state index contributed by atoms with van der Waals surface area (Å²) >= 11 is 0. The number of carbonyl (C=O) groups is 1. The van der Waals surface area contributed by atoms with Crippen LogP contribution in [-0.4, -0.2) is 5.52 Å². The molecule has 0 saturated carbocycles. The lowest BCUT2D eigenvalue weighted by molar-refractivity contribution is 0.104. The molecule has 0 spiro atoms. The highest BCUT2D eigenvalue weighted by Crippen LogP contribution is 2.53. The predicted octanol–water partition coefficient (Wildman–Crippen LogP) is 6.95. The van der Waals surface area contributed by atoms with Gasteiger partial charge in [-0.25, -0.2) is 4.57 Å². The lowest BCUT2D eigenvalue weighted by Crippen LogP contribution is -2.13. The third-order valence-electron chi connectivity index (χ3n) is 4.89. The summed E-state index contributed by atoms with van der Waals surface area (Å²) in [7, 11) is -4.27. The Balaban J connectivity index is 1.84. The number of hydrogen-bond acceptors (Lipinski definition) is 4. The molecular weight excluding hydrogens is 395 g/mol. The largest absolute Gasteiger partial charge is 0.503 e. The van der Waals surface area contributed by atoms with Crippen molar-refractivity contribution < 1.29 is 18.4 Å². The van der Waals surface area contributed by atoms with Gasteiger partial charge in [-0.05, 0) is 53.9 Å². The molecule has 30 heavy (non-hydrogen) atoms. The van der Waals surface area contributed by atoms with Crippen molar-refractivity contribution in [3.63, 3.8) is 0 Å². The molecule has 0 heterocycles. The second kappa shape index (κ2) is 8.17. The zero-order valence-corrected chi connectivity index (χ0v) is 17.6. The molecule has 0 atom stereocenters. The Morgan fingerprint density at radius 2 is 1.17 bits per heavy atom. The molecule has 4 aromatic carbocycles. The summed E-state index contributed by atoms with van der Waals surface area (Å²) < 4.78 is 25.7. The van der Waals surface area contributed by atoms with Crippen LogP contribution >= 0.6 is 7.60 Å². The van der Waals surface area contributed by atoms with E-state index in [4.69, 9.17) is 9.05 Å². The van der Waals surface area contributed by atoms with Gasteiger partial charge in [0, 0.05) is 5.56 Å². The number of hydrogen-bond donors (Lipinski definition) is 0. The Morgan fingerprint density at radius 1 is 0.667 bits per heavy atom. The van der Waals surface area contributed by atoms with Crippen LogP contribution in [0, 0.1) is 13.8 Å². The molecule has 150 valence electrons. The fourth-order valence-corrected chi connectivity index (χ4v) is 4.86. The normalized spacial score (nSPS) is 11.3. The minimum Gasteiger partial charge on any atom is -0.410 e. The average molecular weight is 416 g/mol. The van der Waals surface area contributed by atoms with Crippen LogP contribution in [0.2, 0.25) is 0 Å². The third-order valence-corrected chi connectivity index (χ3v) is 6.51. The van der Waals surface area contributed by atoms with E-state index in [1.54, 1.807) is 36.4 Å². The quantitative estimate of drug-likeness (QED) is 0.319. The van der Waals surface area contributed by atoms with Crippen molar-refractivity contribution in [3.8, 4) is 11.5 Å². The van der Waals surface area contributed by atoms with Crippen molar-refractivity contribution in [2.75, 3.05) is 0 Å². The van der Waals surface area contributed by atoms with Crippen molar-refractivity contribution in [3.05, 3.63) is 108 Å². The predicted molar refractivity (Wildman–Crippen MR) is 119 cm³/mol. The van der Waals surface area contributed by atoms with Gasteiger partial charge < -0.3 is 9.05 Å². The maximum Gasteiger partial charge on any atom is 0.503 e. The standard InChI is InChI=1S/C25H21O4P/c1-18-10-3-7-16-23(18)28-30(27,29-24-17-8-4-11-19(24)2)25(26)22-15-9-13-20-12-5-6-14-21(20)22/h3-17H,1-2H3. The maximum absolute atomic E-state index is 14.0. The van der Waals surface area contributed by atoms with E-state index in [1.165, 1.54) is 0 Å². The SMILES string of the molecule is Cc1ccccc1OP(=O)(Oc1ccccc1C)C(=O)c1cccc2ccccc12. The maximum atomic E-state index is 14.0. The molecule has 0 N–H and O–H groups in total. The summed E-state index contributed by atoms with van der Waals surface area (Å²) in [5.74, 6) is 0.700. The Morgan fingerprint density at radius 3 is 1.77 bits per heavy atom. The van der Waals surface area contributed by atoms with Crippen LogP contribution in [0.25, 0.3) is 10.8 Å².